The third kappa shape index (κ3) is 4.54. The van der Waals surface area contributed by atoms with Gasteiger partial charge in [-0.1, -0.05) is 35.9 Å². The molecule has 6 nitrogen and oxygen atoms in total. The van der Waals surface area contributed by atoms with Crippen molar-refractivity contribution in [2.24, 2.45) is 0 Å². The normalized spacial score (nSPS) is 11.5. The maximum absolute atomic E-state index is 13.1. The van der Waals surface area contributed by atoms with E-state index in [4.69, 9.17) is 16.3 Å². The first kappa shape index (κ1) is 23.9. The van der Waals surface area contributed by atoms with Crippen molar-refractivity contribution in [3.8, 4) is 5.75 Å². The molecule has 34 heavy (non-hydrogen) atoms. The van der Waals surface area contributed by atoms with Gasteiger partial charge in [-0.15, -0.1) is 0 Å². The first-order valence-corrected chi connectivity index (χ1v) is 12.6. The Kier molecular flexibility index (Phi) is 6.68. The summed E-state index contributed by atoms with van der Waals surface area (Å²) in [5.41, 5.74) is 4.01. The zero-order valence-electron chi connectivity index (χ0n) is 19.1. The van der Waals surface area contributed by atoms with Crippen LogP contribution in [0.3, 0.4) is 0 Å². The highest BCUT2D eigenvalue weighted by Gasteiger charge is 2.27. The monoisotopic (exact) mass is 496 g/mol. The number of aromatic amines is 1. The molecular weight excluding hydrogens is 472 g/mol. The maximum atomic E-state index is 13.1. The summed E-state index contributed by atoms with van der Waals surface area (Å²) >= 11 is 6.50. The van der Waals surface area contributed by atoms with E-state index in [2.05, 4.69) is 4.98 Å². The van der Waals surface area contributed by atoms with Gasteiger partial charge in [0, 0.05) is 40.7 Å². The summed E-state index contributed by atoms with van der Waals surface area (Å²) < 4.78 is 32.1. The van der Waals surface area contributed by atoms with Gasteiger partial charge in [-0.25, -0.2) is 12.7 Å². The SMILES string of the molecule is CCOc1ccc(Cc2c(C)[nH]c3ccc(C(=O)N(C)S(=O)(=O)c4ccccc4)cc23)c(Cl)c1. The van der Waals surface area contributed by atoms with Crippen molar-refractivity contribution in [2.45, 2.75) is 25.2 Å². The number of hydrogen-bond acceptors (Lipinski definition) is 4. The molecule has 0 atom stereocenters. The van der Waals surface area contributed by atoms with Crippen LogP contribution in [0.1, 0.15) is 34.1 Å². The number of nitrogens with one attached hydrogen (secondary N) is 1. The van der Waals surface area contributed by atoms with E-state index in [9.17, 15) is 13.2 Å². The quantitative estimate of drug-likeness (QED) is 0.362. The fourth-order valence-corrected chi connectivity index (χ4v) is 5.28. The first-order chi connectivity index (χ1) is 16.2. The van der Waals surface area contributed by atoms with Gasteiger partial charge in [-0.2, -0.15) is 0 Å². The number of rotatable bonds is 7. The van der Waals surface area contributed by atoms with Crippen molar-refractivity contribution in [3.63, 3.8) is 0 Å². The van der Waals surface area contributed by atoms with Crippen LogP contribution in [-0.2, 0) is 16.4 Å². The van der Waals surface area contributed by atoms with Crippen molar-refractivity contribution >= 4 is 38.4 Å². The van der Waals surface area contributed by atoms with E-state index in [0.717, 1.165) is 32.0 Å². The molecule has 0 spiro atoms. The second-order valence-electron chi connectivity index (χ2n) is 7.94. The minimum Gasteiger partial charge on any atom is -0.494 e. The van der Waals surface area contributed by atoms with Gasteiger partial charge < -0.3 is 9.72 Å². The summed E-state index contributed by atoms with van der Waals surface area (Å²) in [6.07, 6.45) is 0.548. The molecule has 8 heteroatoms. The summed E-state index contributed by atoms with van der Waals surface area (Å²) in [6.45, 7) is 4.44. The molecule has 4 rings (SSSR count). The molecule has 3 aromatic carbocycles. The standard InChI is InChI=1S/C26H25ClN2O4S/c1-4-33-20-12-10-18(24(27)16-20)14-22-17(2)28-25-13-11-19(15-23(22)25)26(30)29(3)34(31,32)21-8-6-5-7-9-21/h5-13,15-16,28H,4,14H2,1-3H3. The van der Waals surface area contributed by atoms with Gasteiger partial charge in [0.15, 0.2) is 0 Å². The Morgan fingerprint density at radius 2 is 1.79 bits per heavy atom. The van der Waals surface area contributed by atoms with Crippen LogP contribution in [0, 0.1) is 6.92 Å². The summed E-state index contributed by atoms with van der Waals surface area (Å²) in [5.74, 6) is 0.108. The molecule has 0 bridgehead atoms. The molecule has 0 aliphatic carbocycles. The van der Waals surface area contributed by atoms with Crippen molar-refractivity contribution in [2.75, 3.05) is 13.7 Å². The van der Waals surface area contributed by atoms with Gasteiger partial charge in [0.25, 0.3) is 15.9 Å². The molecule has 0 saturated carbocycles. The van der Waals surface area contributed by atoms with Crippen molar-refractivity contribution in [3.05, 3.63) is 94.1 Å². The molecule has 0 saturated heterocycles. The number of nitrogens with zero attached hydrogens (tertiary/aromatic N) is 1. The van der Waals surface area contributed by atoms with Gasteiger partial charge in [-0.05, 0) is 67.4 Å². The van der Waals surface area contributed by atoms with Gasteiger partial charge in [0.1, 0.15) is 5.75 Å². The van der Waals surface area contributed by atoms with Crippen molar-refractivity contribution < 1.29 is 17.9 Å². The number of fused-ring (bicyclic) bond motifs is 1. The number of carbonyl (C=O) groups is 1. The van der Waals surface area contributed by atoms with Crippen LogP contribution in [-0.4, -0.2) is 37.3 Å². The molecule has 1 aromatic heterocycles. The Morgan fingerprint density at radius 1 is 1.06 bits per heavy atom. The molecule has 176 valence electrons. The highest BCUT2D eigenvalue weighted by molar-refractivity contribution is 7.89. The molecule has 4 aromatic rings. The van der Waals surface area contributed by atoms with E-state index in [-0.39, 0.29) is 10.5 Å². The lowest BCUT2D eigenvalue weighted by Crippen LogP contribution is -2.33. The Labute approximate surface area is 204 Å². The number of aryl methyl sites for hydroxylation is 1. The summed E-state index contributed by atoms with van der Waals surface area (Å²) in [4.78, 5) is 16.5. The Hall–Kier alpha value is -3.29. The number of hydrogen-bond donors (Lipinski definition) is 1. The van der Waals surface area contributed by atoms with Gasteiger partial charge in [0.05, 0.1) is 11.5 Å². The van der Waals surface area contributed by atoms with Gasteiger partial charge >= 0.3 is 0 Å². The van der Waals surface area contributed by atoms with Crippen LogP contribution >= 0.6 is 11.6 Å². The van der Waals surface area contributed by atoms with E-state index in [1.165, 1.54) is 19.2 Å². The predicted molar refractivity (Wildman–Crippen MR) is 134 cm³/mol. The lowest BCUT2D eigenvalue weighted by atomic mass is 10.0. The van der Waals surface area contributed by atoms with Crippen LogP contribution < -0.4 is 4.74 Å². The number of ether oxygens (including phenoxy) is 1. The summed E-state index contributed by atoms with van der Waals surface area (Å²) in [7, 11) is -2.69. The van der Waals surface area contributed by atoms with Crippen molar-refractivity contribution in [1.29, 1.82) is 0 Å². The average Bonchev–Trinajstić information content (AvgIpc) is 3.14. The van der Waals surface area contributed by atoms with E-state index < -0.39 is 15.9 Å². The number of amides is 1. The Morgan fingerprint density at radius 3 is 2.47 bits per heavy atom. The molecule has 0 unspecified atom stereocenters. The molecule has 1 N–H and O–H groups in total. The largest absolute Gasteiger partial charge is 0.494 e. The van der Waals surface area contributed by atoms with Gasteiger partial charge in [-0.3, -0.25) is 4.79 Å². The smallest absolute Gasteiger partial charge is 0.267 e. The summed E-state index contributed by atoms with van der Waals surface area (Å²) in [6, 6.07) is 18.7. The number of sulfonamides is 1. The number of halogens is 1. The average molecular weight is 497 g/mol. The highest BCUT2D eigenvalue weighted by atomic mass is 35.5. The van der Waals surface area contributed by atoms with Crippen LogP contribution in [0.25, 0.3) is 10.9 Å². The predicted octanol–water partition coefficient (Wildman–Crippen LogP) is 5.58. The first-order valence-electron chi connectivity index (χ1n) is 10.8. The third-order valence-corrected chi connectivity index (χ3v) is 7.86. The maximum Gasteiger partial charge on any atom is 0.267 e. The second-order valence-corrected chi connectivity index (χ2v) is 10.3. The minimum atomic E-state index is -3.96. The van der Waals surface area contributed by atoms with Gasteiger partial charge in [0.2, 0.25) is 0 Å². The molecule has 0 aliphatic rings. The van der Waals surface area contributed by atoms with E-state index >= 15 is 0 Å². The number of carbonyl (C=O) groups excluding carboxylic acids is 1. The second kappa shape index (κ2) is 9.52. The van der Waals surface area contributed by atoms with Crippen LogP contribution in [0.2, 0.25) is 5.02 Å². The molecular formula is C26H25ClN2O4S. The topological polar surface area (TPSA) is 79.5 Å². The van der Waals surface area contributed by atoms with Crippen LogP contribution in [0.4, 0.5) is 0 Å². The minimum absolute atomic E-state index is 0.0650. The fourth-order valence-electron chi connectivity index (χ4n) is 3.90. The van der Waals surface area contributed by atoms with Crippen LogP contribution in [0.15, 0.2) is 71.6 Å². The fraction of sp³-hybridized carbons (Fsp3) is 0.192. The van der Waals surface area contributed by atoms with Crippen LogP contribution in [0.5, 0.6) is 5.75 Å². The zero-order valence-corrected chi connectivity index (χ0v) is 20.7. The third-order valence-electron chi connectivity index (χ3n) is 5.76. The Balaban J connectivity index is 1.68. The molecule has 0 aliphatic heterocycles. The number of benzene rings is 3. The zero-order chi connectivity index (χ0) is 24.5. The number of aromatic nitrogens is 1. The summed E-state index contributed by atoms with van der Waals surface area (Å²) in [5, 5.41) is 1.44. The molecule has 0 radical (unpaired) electrons. The van der Waals surface area contributed by atoms with E-state index in [1.807, 2.05) is 26.0 Å². The highest BCUT2D eigenvalue weighted by Crippen LogP contribution is 2.30. The van der Waals surface area contributed by atoms with Crippen molar-refractivity contribution in [1.82, 2.24) is 9.29 Å². The lowest BCUT2D eigenvalue weighted by Gasteiger charge is -2.17. The van der Waals surface area contributed by atoms with E-state index in [0.29, 0.717) is 23.8 Å². The number of H-pyrrole nitrogens is 1. The Bertz CT molecular complexity index is 1460. The van der Waals surface area contributed by atoms with E-state index in [1.54, 1.807) is 42.5 Å². The molecule has 1 amide bonds. The lowest BCUT2D eigenvalue weighted by molar-refractivity contribution is 0.0883. The molecule has 0 fully saturated rings. The molecule has 1 heterocycles.